The van der Waals surface area contributed by atoms with E-state index in [1.807, 2.05) is 42.5 Å². The molecular formula is C23H23N3O2. The summed E-state index contributed by atoms with van der Waals surface area (Å²) in [5, 5.41) is 9.40. The van der Waals surface area contributed by atoms with E-state index >= 15 is 0 Å². The molecule has 1 aliphatic heterocycles. The van der Waals surface area contributed by atoms with Crippen LogP contribution in [0.15, 0.2) is 59.0 Å². The summed E-state index contributed by atoms with van der Waals surface area (Å²) in [5.41, 5.74) is 2.64. The van der Waals surface area contributed by atoms with Crippen LogP contribution in [0, 0.1) is 17.2 Å². The summed E-state index contributed by atoms with van der Waals surface area (Å²) in [7, 11) is 0. The molecule has 1 aromatic heterocycles. The first-order valence-electron chi connectivity index (χ1n) is 9.66. The molecule has 2 heterocycles. The van der Waals surface area contributed by atoms with Gasteiger partial charge >= 0.3 is 0 Å². The number of ether oxygens (including phenoxy) is 1. The minimum atomic E-state index is 0.198. The molecule has 0 atom stereocenters. The second-order valence-corrected chi connectivity index (χ2v) is 7.22. The number of oxazole rings is 1. The number of aromatic nitrogens is 1. The molecule has 0 spiro atoms. The summed E-state index contributed by atoms with van der Waals surface area (Å²) in [6.07, 6.45) is 2.20. The largest absolute Gasteiger partial charge is 0.484 e. The number of nitriles is 1. The fourth-order valence-electron chi connectivity index (χ4n) is 3.44. The maximum Gasteiger partial charge on any atom is 0.236 e. The first-order valence-corrected chi connectivity index (χ1v) is 9.66. The maximum atomic E-state index is 9.40. The Bertz CT molecular complexity index is 950. The fourth-order valence-corrected chi connectivity index (χ4v) is 3.44. The van der Waals surface area contributed by atoms with Crippen LogP contribution in [0.4, 0.5) is 5.88 Å². The molecule has 1 saturated heterocycles. The van der Waals surface area contributed by atoms with Crippen LogP contribution in [0.1, 0.15) is 31.4 Å². The van der Waals surface area contributed by atoms with E-state index in [1.165, 1.54) is 5.56 Å². The Balaban J connectivity index is 1.42. The summed E-state index contributed by atoms with van der Waals surface area (Å²) in [6, 6.07) is 20.3. The Morgan fingerprint density at radius 1 is 1.07 bits per heavy atom. The summed E-state index contributed by atoms with van der Waals surface area (Å²) in [4.78, 5) is 6.42. The van der Waals surface area contributed by atoms with Crippen molar-refractivity contribution in [1.29, 1.82) is 5.26 Å². The third-order valence-electron chi connectivity index (χ3n) is 5.15. The van der Waals surface area contributed by atoms with Gasteiger partial charge in [0, 0.05) is 13.1 Å². The van der Waals surface area contributed by atoms with Gasteiger partial charge in [-0.2, -0.15) is 10.2 Å². The molecule has 0 amide bonds. The van der Waals surface area contributed by atoms with E-state index in [4.69, 9.17) is 9.15 Å². The van der Waals surface area contributed by atoms with Gasteiger partial charge in [-0.3, -0.25) is 0 Å². The van der Waals surface area contributed by atoms with Gasteiger partial charge in [-0.05, 0) is 42.0 Å². The van der Waals surface area contributed by atoms with Crippen LogP contribution in [0.25, 0.3) is 11.1 Å². The minimum Gasteiger partial charge on any atom is -0.484 e. The minimum absolute atomic E-state index is 0.198. The molecule has 5 nitrogen and oxygen atoms in total. The van der Waals surface area contributed by atoms with Gasteiger partial charge in [-0.25, -0.2) is 0 Å². The monoisotopic (exact) mass is 373 g/mol. The molecule has 0 N–H and O–H groups in total. The number of nitrogens with zero attached hydrogens (tertiary/aromatic N) is 3. The van der Waals surface area contributed by atoms with Gasteiger partial charge < -0.3 is 14.1 Å². The van der Waals surface area contributed by atoms with E-state index in [1.54, 1.807) is 0 Å². The highest BCUT2D eigenvalue weighted by atomic mass is 16.5. The van der Waals surface area contributed by atoms with Crippen LogP contribution in [0.3, 0.4) is 0 Å². The van der Waals surface area contributed by atoms with E-state index in [0.29, 0.717) is 23.4 Å². The molecular weight excluding hydrogens is 350 g/mol. The predicted molar refractivity (Wildman–Crippen MR) is 108 cm³/mol. The van der Waals surface area contributed by atoms with Crippen molar-refractivity contribution in [2.75, 3.05) is 18.0 Å². The zero-order chi connectivity index (χ0) is 19.3. The maximum absolute atomic E-state index is 9.40. The molecule has 1 aliphatic rings. The first-order chi connectivity index (χ1) is 13.7. The third-order valence-corrected chi connectivity index (χ3v) is 5.15. The summed E-state index contributed by atoms with van der Waals surface area (Å²) >= 11 is 0. The van der Waals surface area contributed by atoms with Gasteiger partial charge in [-0.1, -0.05) is 49.4 Å². The Labute approximate surface area is 165 Å². The zero-order valence-corrected chi connectivity index (χ0v) is 16.0. The van der Waals surface area contributed by atoms with Crippen LogP contribution in [-0.2, 0) is 6.61 Å². The van der Waals surface area contributed by atoms with Crippen molar-refractivity contribution >= 4 is 5.88 Å². The molecule has 0 unspecified atom stereocenters. The lowest BCUT2D eigenvalue weighted by atomic mass is 9.99. The van der Waals surface area contributed by atoms with Crippen molar-refractivity contribution in [3.05, 3.63) is 66.2 Å². The Kier molecular flexibility index (Phi) is 5.29. The zero-order valence-electron chi connectivity index (χ0n) is 16.0. The summed E-state index contributed by atoms with van der Waals surface area (Å²) in [5.74, 6) is 2.46. The molecule has 0 aliphatic carbocycles. The van der Waals surface area contributed by atoms with Crippen molar-refractivity contribution in [3.8, 4) is 22.9 Å². The molecule has 1 fully saturated rings. The average Bonchev–Trinajstić information content (AvgIpc) is 3.17. The highest BCUT2D eigenvalue weighted by Gasteiger charge is 2.23. The average molecular weight is 373 g/mol. The number of anilines is 1. The molecule has 28 heavy (non-hydrogen) atoms. The van der Waals surface area contributed by atoms with Crippen molar-refractivity contribution in [3.63, 3.8) is 0 Å². The Morgan fingerprint density at radius 3 is 2.43 bits per heavy atom. The summed E-state index contributed by atoms with van der Waals surface area (Å²) in [6.45, 7) is 4.24. The highest BCUT2D eigenvalue weighted by Crippen LogP contribution is 2.28. The van der Waals surface area contributed by atoms with Gasteiger partial charge in [0.15, 0.2) is 6.61 Å². The standard InChI is InChI=1S/C23H23N3O2/c1-17-11-13-26(14-12-17)23-21(15-24)25-22(28-23)16-27-20-9-7-19(8-10-20)18-5-3-2-4-6-18/h2-10,17H,11-14,16H2,1H3. The van der Waals surface area contributed by atoms with E-state index in [9.17, 15) is 5.26 Å². The topological polar surface area (TPSA) is 62.3 Å². The van der Waals surface area contributed by atoms with Gasteiger partial charge in [-0.15, -0.1) is 0 Å². The van der Waals surface area contributed by atoms with E-state index in [0.717, 1.165) is 37.2 Å². The van der Waals surface area contributed by atoms with Gasteiger partial charge in [0.2, 0.25) is 17.5 Å². The van der Waals surface area contributed by atoms with Crippen molar-refractivity contribution in [2.45, 2.75) is 26.4 Å². The van der Waals surface area contributed by atoms with Crippen molar-refractivity contribution in [1.82, 2.24) is 4.98 Å². The number of piperidine rings is 1. The van der Waals surface area contributed by atoms with E-state index < -0.39 is 0 Å². The Morgan fingerprint density at radius 2 is 1.75 bits per heavy atom. The quantitative estimate of drug-likeness (QED) is 0.628. The second kappa shape index (κ2) is 8.18. The number of hydrogen-bond donors (Lipinski definition) is 0. The number of benzene rings is 2. The fraction of sp³-hybridized carbons (Fsp3) is 0.304. The molecule has 3 aromatic rings. The molecule has 4 rings (SSSR count). The van der Waals surface area contributed by atoms with Crippen LogP contribution >= 0.6 is 0 Å². The third kappa shape index (κ3) is 4.01. The van der Waals surface area contributed by atoms with Crippen LogP contribution in [0.5, 0.6) is 5.75 Å². The van der Waals surface area contributed by atoms with E-state index in [2.05, 4.69) is 35.0 Å². The van der Waals surface area contributed by atoms with Crippen LogP contribution in [0.2, 0.25) is 0 Å². The lowest BCUT2D eigenvalue weighted by molar-refractivity contribution is 0.262. The molecule has 2 aromatic carbocycles. The lowest BCUT2D eigenvalue weighted by Crippen LogP contribution is -2.32. The lowest BCUT2D eigenvalue weighted by Gasteiger charge is -2.29. The number of rotatable bonds is 5. The molecule has 0 saturated carbocycles. The predicted octanol–water partition coefficient (Wildman–Crippen LogP) is 5.03. The highest BCUT2D eigenvalue weighted by molar-refractivity contribution is 5.63. The van der Waals surface area contributed by atoms with E-state index in [-0.39, 0.29) is 6.61 Å². The van der Waals surface area contributed by atoms with Crippen molar-refractivity contribution in [2.24, 2.45) is 5.92 Å². The molecule has 142 valence electrons. The van der Waals surface area contributed by atoms with Gasteiger partial charge in [0.1, 0.15) is 11.8 Å². The van der Waals surface area contributed by atoms with Crippen LogP contribution in [-0.4, -0.2) is 18.1 Å². The normalized spacial score (nSPS) is 14.6. The second-order valence-electron chi connectivity index (χ2n) is 7.22. The van der Waals surface area contributed by atoms with Crippen LogP contribution < -0.4 is 9.64 Å². The number of hydrogen-bond acceptors (Lipinski definition) is 5. The molecule has 5 heteroatoms. The Hall–Kier alpha value is -3.26. The van der Waals surface area contributed by atoms with Crippen molar-refractivity contribution < 1.29 is 9.15 Å². The first kappa shape index (κ1) is 18.1. The molecule has 0 bridgehead atoms. The molecule has 0 radical (unpaired) electrons. The summed E-state index contributed by atoms with van der Waals surface area (Å²) < 4.78 is 11.7. The smallest absolute Gasteiger partial charge is 0.236 e. The van der Waals surface area contributed by atoms with Gasteiger partial charge in [0.05, 0.1) is 0 Å². The van der Waals surface area contributed by atoms with Gasteiger partial charge in [0.25, 0.3) is 0 Å². The SMILES string of the molecule is CC1CCN(c2oc(COc3ccc(-c4ccccc4)cc3)nc2C#N)CC1.